The van der Waals surface area contributed by atoms with Crippen LogP contribution in [-0.2, 0) is 17.9 Å². The fraction of sp³-hybridized carbons (Fsp3) is 0.611. The zero-order valence-corrected chi connectivity index (χ0v) is 14.5. The summed E-state index contributed by atoms with van der Waals surface area (Å²) in [5, 5.41) is 27.9. The van der Waals surface area contributed by atoms with E-state index >= 15 is 0 Å². The zero-order valence-electron chi connectivity index (χ0n) is 14.5. The van der Waals surface area contributed by atoms with Gasteiger partial charge in [0.05, 0.1) is 0 Å². The lowest BCUT2D eigenvalue weighted by atomic mass is 9.66. The van der Waals surface area contributed by atoms with Gasteiger partial charge in [-0.05, 0) is 42.6 Å². The van der Waals surface area contributed by atoms with Gasteiger partial charge in [-0.25, -0.2) is 0 Å². The number of carbonyl (C=O) groups is 1. The van der Waals surface area contributed by atoms with Crippen molar-refractivity contribution in [2.45, 2.75) is 50.6 Å². The topological polar surface area (TPSA) is 107 Å². The molecule has 3 rings (SSSR count). The van der Waals surface area contributed by atoms with Crippen molar-refractivity contribution in [2.75, 3.05) is 6.54 Å². The first kappa shape index (κ1) is 18.4. The van der Waals surface area contributed by atoms with Gasteiger partial charge in [0, 0.05) is 25.6 Å². The molecule has 1 fully saturated rings. The van der Waals surface area contributed by atoms with E-state index in [1.54, 1.807) is 0 Å². The molecule has 0 radical (unpaired) electrons. The van der Waals surface area contributed by atoms with Crippen LogP contribution in [0.5, 0.6) is 0 Å². The molecule has 0 amide bonds. The van der Waals surface area contributed by atoms with Crippen molar-refractivity contribution in [3.05, 3.63) is 35.4 Å². The van der Waals surface area contributed by atoms with Crippen molar-refractivity contribution in [2.24, 2.45) is 17.6 Å². The molecule has 0 saturated heterocycles. The molecule has 1 aromatic carbocycles. The number of rotatable bonds is 6. The Morgan fingerprint density at radius 3 is 2.44 bits per heavy atom. The molecule has 136 valence electrons. The van der Waals surface area contributed by atoms with Crippen LogP contribution in [-0.4, -0.2) is 45.2 Å². The maximum absolute atomic E-state index is 11.9. The van der Waals surface area contributed by atoms with Crippen LogP contribution in [0, 0.1) is 11.8 Å². The Kier molecular flexibility index (Phi) is 5.48. The van der Waals surface area contributed by atoms with Gasteiger partial charge in [0.25, 0.3) is 0 Å². The highest BCUT2D eigenvalue weighted by Crippen LogP contribution is 2.39. The average molecular weight is 346 g/mol. The van der Waals surface area contributed by atoms with Gasteiger partial charge in [-0.15, -0.1) is 0 Å². The molecule has 0 unspecified atom stereocenters. The number of carboxylic acids is 1. The maximum atomic E-state index is 11.9. The van der Waals surface area contributed by atoms with Crippen molar-refractivity contribution >= 4 is 13.1 Å². The summed E-state index contributed by atoms with van der Waals surface area (Å²) in [7, 11) is -1.34. The molecule has 0 spiro atoms. The fourth-order valence-corrected chi connectivity index (χ4v) is 4.43. The van der Waals surface area contributed by atoms with Gasteiger partial charge in [-0.3, -0.25) is 9.69 Å². The van der Waals surface area contributed by atoms with Crippen LogP contribution in [0.25, 0.3) is 0 Å². The van der Waals surface area contributed by atoms with E-state index in [9.17, 15) is 9.90 Å². The molecular formula is C18H27BN2O4. The van der Waals surface area contributed by atoms with E-state index < -0.39 is 18.6 Å². The maximum Gasteiger partial charge on any atom is 0.451 e. The predicted octanol–water partition coefficient (Wildman–Crippen LogP) is 1.06. The highest BCUT2D eigenvalue weighted by Gasteiger charge is 2.47. The smallest absolute Gasteiger partial charge is 0.451 e. The molecule has 25 heavy (non-hydrogen) atoms. The van der Waals surface area contributed by atoms with Crippen molar-refractivity contribution < 1.29 is 19.9 Å². The van der Waals surface area contributed by atoms with Crippen LogP contribution in [0.15, 0.2) is 24.3 Å². The number of fused-ring (bicyclic) bond motifs is 1. The number of carboxylic acid groups (broad SMARTS) is 1. The summed E-state index contributed by atoms with van der Waals surface area (Å²) >= 11 is 0. The number of aliphatic carboxylic acids is 1. The summed E-state index contributed by atoms with van der Waals surface area (Å²) in [4.78, 5) is 14.2. The van der Waals surface area contributed by atoms with Crippen LogP contribution in [0.3, 0.4) is 0 Å². The van der Waals surface area contributed by atoms with Gasteiger partial charge in [0.2, 0.25) is 0 Å². The standard InChI is InChI=1S/C18H27BN2O4/c20-18(17(22)23)9-13(7-8-19(24)25)5-6-16(18)12-21-10-14-3-1-2-4-15(14)11-21/h1-4,13,16,24-25H,5-12,20H2,(H,22,23)/t13-,16-,18+/m0/s1. The second kappa shape index (κ2) is 7.46. The lowest BCUT2D eigenvalue weighted by Gasteiger charge is -2.43. The van der Waals surface area contributed by atoms with Gasteiger partial charge >= 0.3 is 13.1 Å². The number of nitrogens with zero attached hydrogens (tertiary/aromatic N) is 1. The van der Waals surface area contributed by atoms with E-state index in [0.29, 0.717) is 19.4 Å². The van der Waals surface area contributed by atoms with Gasteiger partial charge in [-0.2, -0.15) is 0 Å². The molecule has 6 nitrogen and oxygen atoms in total. The Labute approximate surface area is 148 Å². The normalized spacial score (nSPS) is 29.4. The summed E-state index contributed by atoms with van der Waals surface area (Å²) in [5.41, 5.74) is 7.76. The summed E-state index contributed by atoms with van der Waals surface area (Å²) in [6.07, 6.45) is 2.94. The SMILES string of the molecule is N[C@]1(C(=O)O)C[C@H](CCB(O)O)CC[C@H]1CN1Cc2ccccc2C1. The van der Waals surface area contributed by atoms with E-state index in [-0.39, 0.29) is 18.2 Å². The van der Waals surface area contributed by atoms with Crippen LogP contribution < -0.4 is 5.73 Å². The third-order valence-electron chi connectivity index (χ3n) is 5.89. The molecule has 7 heteroatoms. The molecule has 1 saturated carbocycles. The minimum atomic E-state index is -1.34. The summed E-state index contributed by atoms with van der Waals surface area (Å²) in [5.74, 6) is -0.895. The molecule has 1 aromatic rings. The van der Waals surface area contributed by atoms with Gasteiger partial charge in [-0.1, -0.05) is 30.7 Å². The van der Waals surface area contributed by atoms with Crippen LogP contribution >= 0.6 is 0 Å². The second-order valence-corrected chi connectivity index (χ2v) is 7.69. The third-order valence-corrected chi connectivity index (χ3v) is 5.89. The Bertz CT molecular complexity index is 602. The Balaban J connectivity index is 1.64. The van der Waals surface area contributed by atoms with Crippen LogP contribution in [0.1, 0.15) is 36.8 Å². The molecule has 0 bridgehead atoms. The van der Waals surface area contributed by atoms with E-state index in [0.717, 1.165) is 25.9 Å². The quantitative estimate of drug-likeness (QED) is 0.574. The first-order valence-corrected chi connectivity index (χ1v) is 9.06. The minimum absolute atomic E-state index is 0.0883. The predicted molar refractivity (Wildman–Crippen MR) is 95.6 cm³/mol. The first-order chi connectivity index (χ1) is 11.9. The van der Waals surface area contributed by atoms with Crippen molar-refractivity contribution in [3.8, 4) is 0 Å². The largest absolute Gasteiger partial charge is 0.480 e. The lowest BCUT2D eigenvalue weighted by molar-refractivity contribution is -0.148. The average Bonchev–Trinajstić information content (AvgIpc) is 2.97. The molecule has 1 aliphatic heterocycles. The van der Waals surface area contributed by atoms with E-state index in [4.69, 9.17) is 15.8 Å². The van der Waals surface area contributed by atoms with Crippen molar-refractivity contribution in [3.63, 3.8) is 0 Å². The van der Waals surface area contributed by atoms with E-state index in [1.165, 1.54) is 11.1 Å². The summed E-state index contributed by atoms with van der Waals surface area (Å²) in [6, 6.07) is 8.32. The summed E-state index contributed by atoms with van der Waals surface area (Å²) in [6.45, 7) is 2.39. The molecular weight excluding hydrogens is 319 g/mol. The zero-order chi connectivity index (χ0) is 18.0. The minimum Gasteiger partial charge on any atom is -0.480 e. The van der Waals surface area contributed by atoms with Gasteiger partial charge in [0.15, 0.2) is 0 Å². The van der Waals surface area contributed by atoms with Crippen LogP contribution in [0.2, 0.25) is 6.32 Å². The Morgan fingerprint density at radius 2 is 1.88 bits per heavy atom. The lowest BCUT2D eigenvalue weighted by Crippen LogP contribution is -2.59. The monoisotopic (exact) mass is 346 g/mol. The molecule has 0 aromatic heterocycles. The third kappa shape index (κ3) is 4.06. The molecule has 1 aliphatic carbocycles. The molecule has 1 heterocycles. The van der Waals surface area contributed by atoms with E-state index in [2.05, 4.69) is 17.0 Å². The van der Waals surface area contributed by atoms with Gasteiger partial charge < -0.3 is 20.9 Å². The summed E-state index contributed by atoms with van der Waals surface area (Å²) < 4.78 is 0. The fourth-order valence-electron chi connectivity index (χ4n) is 4.43. The molecule has 2 aliphatic rings. The van der Waals surface area contributed by atoms with Crippen LogP contribution in [0.4, 0.5) is 0 Å². The van der Waals surface area contributed by atoms with Crippen molar-refractivity contribution in [1.82, 2.24) is 4.90 Å². The second-order valence-electron chi connectivity index (χ2n) is 7.69. The van der Waals surface area contributed by atoms with E-state index in [1.807, 2.05) is 12.1 Å². The highest BCUT2D eigenvalue weighted by molar-refractivity contribution is 6.40. The number of hydrogen-bond acceptors (Lipinski definition) is 5. The molecule has 5 N–H and O–H groups in total. The van der Waals surface area contributed by atoms with Crippen molar-refractivity contribution in [1.29, 1.82) is 0 Å². The Hall–Kier alpha value is -1.41. The highest BCUT2D eigenvalue weighted by atomic mass is 16.4. The number of nitrogens with two attached hydrogens (primary N) is 1. The number of benzene rings is 1. The Morgan fingerprint density at radius 1 is 1.24 bits per heavy atom. The first-order valence-electron chi connectivity index (χ1n) is 9.06. The number of hydrogen-bond donors (Lipinski definition) is 4. The molecule has 3 atom stereocenters. The van der Waals surface area contributed by atoms with Gasteiger partial charge in [0.1, 0.15) is 5.54 Å².